The van der Waals surface area contributed by atoms with Gasteiger partial charge in [0.05, 0.1) is 0 Å². The zero-order valence-corrected chi connectivity index (χ0v) is 5.67. The van der Waals surface area contributed by atoms with Gasteiger partial charge in [-0.25, -0.2) is 0 Å². The highest BCUT2D eigenvalue weighted by Gasteiger charge is 2.44. The second-order valence-electron chi connectivity index (χ2n) is 3.18. The molecule has 1 heteroatoms. The van der Waals surface area contributed by atoms with Crippen molar-refractivity contribution < 1.29 is 0 Å². The Bertz CT molecular complexity index is 280. The van der Waals surface area contributed by atoms with Gasteiger partial charge in [0.15, 0.2) is 0 Å². The van der Waals surface area contributed by atoms with Crippen molar-refractivity contribution in [1.82, 2.24) is 0 Å². The van der Waals surface area contributed by atoms with Crippen LogP contribution in [0.25, 0.3) is 0 Å². The first kappa shape index (κ1) is 4.78. The molecule has 2 aliphatic rings. The molecule has 3 rings (SSSR count). The number of hydrogen-bond acceptors (Lipinski definition) is 1. The van der Waals surface area contributed by atoms with Gasteiger partial charge in [-0.05, 0) is 18.1 Å². The molecule has 1 heterocycles. The molecule has 0 radical (unpaired) electrons. The molecule has 1 fully saturated rings. The standard InChI is InChI=1S/C9H9N/c1-2-4-8-6(3-1)7-5-9(7)10-8/h1-4,7,9-10H,5H2. The summed E-state index contributed by atoms with van der Waals surface area (Å²) in [6.45, 7) is 0. The number of nitrogens with one attached hydrogen (secondary N) is 1. The van der Waals surface area contributed by atoms with Crippen molar-refractivity contribution in [2.24, 2.45) is 0 Å². The van der Waals surface area contributed by atoms with Crippen molar-refractivity contribution in [3.05, 3.63) is 29.8 Å². The van der Waals surface area contributed by atoms with Gasteiger partial charge in [-0.2, -0.15) is 0 Å². The topological polar surface area (TPSA) is 12.0 Å². The molecule has 0 saturated heterocycles. The molecule has 1 aliphatic carbocycles. The molecule has 0 bridgehead atoms. The molecule has 1 nitrogen and oxygen atoms in total. The Balaban J connectivity index is 2.22. The SMILES string of the molecule is c1ccc2c(c1)NC1CC21. The molecular formula is C9H9N. The molecule has 1 saturated carbocycles. The normalized spacial score (nSPS) is 32.4. The maximum absolute atomic E-state index is 3.47. The van der Waals surface area contributed by atoms with Gasteiger partial charge in [0, 0.05) is 17.6 Å². The molecular weight excluding hydrogens is 122 g/mol. The van der Waals surface area contributed by atoms with Crippen LogP contribution in [0.15, 0.2) is 24.3 Å². The van der Waals surface area contributed by atoms with Crippen LogP contribution in [0.5, 0.6) is 0 Å². The summed E-state index contributed by atoms with van der Waals surface area (Å²) in [4.78, 5) is 0. The molecule has 1 N–H and O–H groups in total. The van der Waals surface area contributed by atoms with E-state index in [1.165, 1.54) is 17.7 Å². The zero-order valence-electron chi connectivity index (χ0n) is 5.67. The van der Waals surface area contributed by atoms with Crippen LogP contribution in [0.4, 0.5) is 5.69 Å². The van der Waals surface area contributed by atoms with E-state index in [1.807, 2.05) is 0 Å². The van der Waals surface area contributed by atoms with E-state index in [4.69, 9.17) is 0 Å². The predicted molar refractivity (Wildman–Crippen MR) is 41.2 cm³/mol. The van der Waals surface area contributed by atoms with Crippen LogP contribution in [-0.2, 0) is 0 Å². The van der Waals surface area contributed by atoms with Gasteiger partial charge >= 0.3 is 0 Å². The molecule has 0 aromatic heterocycles. The average molecular weight is 131 g/mol. The lowest BCUT2D eigenvalue weighted by molar-refractivity contribution is 1.14. The second kappa shape index (κ2) is 1.36. The van der Waals surface area contributed by atoms with Gasteiger partial charge in [0.2, 0.25) is 0 Å². The van der Waals surface area contributed by atoms with Crippen LogP contribution < -0.4 is 5.32 Å². The zero-order chi connectivity index (χ0) is 6.55. The fourth-order valence-corrected chi connectivity index (χ4v) is 1.85. The maximum Gasteiger partial charge on any atom is 0.0378 e. The Kier molecular flexibility index (Phi) is 0.652. The smallest absolute Gasteiger partial charge is 0.0378 e. The summed E-state index contributed by atoms with van der Waals surface area (Å²) in [6.07, 6.45) is 1.36. The third-order valence-electron chi connectivity index (χ3n) is 2.49. The fraction of sp³-hybridized carbons (Fsp3) is 0.333. The summed E-state index contributed by atoms with van der Waals surface area (Å²) in [7, 11) is 0. The average Bonchev–Trinajstić information content (AvgIpc) is 2.64. The molecule has 2 unspecified atom stereocenters. The van der Waals surface area contributed by atoms with Crippen LogP contribution in [0.2, 0.25) is 0 Å². The molecule has 10 heavy (non-hydrogen) atoms. The van der Waals surface area contributed by atoms with Crippen molar-refractivity contribution >= 4 is 5.69 Å². The number of para-hydroxylation sites is 1. The second-order valence-corrected chi connectivity index (χ2v) is 3.18. The van der Waals surface area contributed by atoms with E-state index in [9.17, 15) is 0 Å². The van der Waals surface area contributed by atoms with Gasteiger partial charge in [0.1, 0.15) is 0 Å². The van der Waals surface area contributed by atoms with Crippen molar-refractivity contribution in [2.45, 2.75) is 18.4 Å². The van der Waals surface area contributed by atoms with Crippen LogP contribution in [0, 0.1) is 0 Å². The Hall–Kier alpha value is -0.980. The lowest BCUT2D eigenvalue weighted by Gasteiger charge is -2.00. The molecule has 0 spiro atoms. The Morgan fingerprint density at radius 3 is 3.10 bits per heavy atom. The molecule has 50 valence electrons. The molecule has 1 aromatic rings. The lowest BCUT2D eigenvalue weighted by atomic mass is 10.1. The first-order chi connectivity index (χ1) is 4.95. The highest BCUT2D eigenvalue weighted by Crippen LogP contribution is 2.51. The van der Waals surface area contributed by atoms with Crippen LogP contribution in [-0.4, -0.2) is 6.04 Å². The van der Waals surface area contributed by atoms with Crippen molar-refractivity contribution in [3.8, 4) is 0 Å². The van der Waals surface area contributed by atoms with Gasteiger partial charge in [-0.15, -0.1) is 0 Å². The minimum atomic E-state index is 0.789. The lowest BCUT2D eigenvalue weighted by Crippen LogP contribution is -1.95. The number of benzene rings is 1. The minimum Gasteiger partial charge on any atom is -0.381 e. The summed E-state index contributed by atoms with van der Waals surface area (Å²) in [5.74, 6) is 0.858. The van der Waals surface area contributed by atoms with E-state index in [1.54, 1.807) is 0 Å². The van der Waals surface area contributed by atoms with E-state index in [0.29, 0.717) is 0 Å². The molecule has 1 aliphatic heterocycles. The van der Waals surface area contributed by atoms with Crippen LogP contribution in [0.3, 0.4) is 0 Å². The van der Waals surface area contributed by atoms with E-state index in [2.05, 4.69) is 29.6 Å². The predicted octanol–water partition coefficient (Wildman–Crippen LogP) is 1.97. The third kappa shape index (κ3) is 0.441. The summed E-state index contributed by atoms with van der Waals surface area (Å²) in [6, 6.07) is 9.41. The first-order valence-corrected chi connectivity index (χ1v) is 3.80. The third-order valence-corrected chi connectivity index (χ3v) is 2.49. The summed E-state index contributed by atoms with van der Waals surface area (Å²) in [5.41, 5.74) is 2.90. The Morgan fingerprint density at radius 2 is 2.20 bits per heavy atom. The summed E-state index contributed by atoms with van der Waals surface area (Å²) in [5, 5.41) is 3.47. The van der Waals surface area contributed by atoms with Gasteiger partial charge in [-0.1, -0.05) is 18.2 Å². The van der Waals surface area contributed by atoms with Crippen molar-refractivity contribution in [1.29, 1.82) is 0 Å². The van der Waals surface area contributed by atoms with E-state index >= 15 is 0 Å². The Labute approximate surface area is 60.1 Å². The van der Waals surface area contributed by atoms with Crippen molar-refractivity contribution in [3.63, 3.8) is 0 Å². The van der Waals surface area contributed by atoms with Gasteiger partial charge < -0.3 is 5.32 Å². The van der Waals surface area contributed by atoms with E-state index < -0.39 is 0 Å². The monoisotopic (exact) mass is 131 g/mol. The number of fused-ring (bicyclic) bond motifs is 3. The molecule has 0 amide bonds. The quantitative estimate of drug-likeness (QED) is 0.567. The summed E-state index contributed by atoms with van der Waals surface area (Å²) >= 11 is 0. The van der Waals surface area contributed by atoms with E-state index in [0.717, 1.165) is 12.0 Å². The van der Waals surface area contributed by atoms with Crippen molar-refractivity contribution in [2.75, 3.05) is 5.32 Å². The maximum atomic E-state index is 3.47. The highest BCUT2D eigenvalue weighted by molar-refractivity contribution is 5.63. The van der Waals surface area contributed by atoms with Crippen LogP contribution >= 0.6 is 0 Å². The Morgan fingerprint density at radius 1 is 1.30 bits per heavy atom. The van der Waals surface area contributed by atoms with Gasteiger partial charge in [0.25, 0.3) is 0 Å². The number of hydrogen-bond donors (Lipinski definition) is 1. The molecule has 2 atom stereocenters. The van der Waals surface area contributed by atoms with E-state index in [-0.39, 0.29) is 0 Å². The molecule has 1 aromatic carbocycles. The van der Waals surface area contributed by atoms with Crippen LogP contribution in [0.1, 0.15) is 17.9 Å². The fourth-order valence-electron chi connectivity index (χ4n) is 1.85. The summed E-state index contributed by atoms with van der Waals surface area (Å²) < 4.78 is 0. The number of anilines is 1. The first-order valence-electron chi connectivity index (χ1n) is 3.80. The minimum absolute atomic E-state index is 0.789. The van der Waals surface area contributed by atoms with Gasteiger partial charge in [-0.3, -0.25) is 0 Å². The largest absolute Gasteiger partial charge is 0.381 e. The number of rotatable bonds is 0. The highest BCUT2D eigenvalue weighted by atomic mass is 15.0.